The smallest absolute Gasteiger partial charge is 0.124 e. The van der Waals surface area contributed by atoms with Crippen LogP contribution in [0.5, 0.6) is 5.75 Å². The van der Waals surface area contributed by atoms with Crippen molar-refractivity contribution in [1.82, 2.24) is 0 Å². The van der Waals surface area contributed by atoms with E-state index >= 15 is 0 Å². The van der Waals surface area contributed by atoms with Crippen LogP contribution < -0.4 is 4.74 Å². The van der Waals surface area contributed by atoms with Crippen LogP contribution in [-0.2, 0) is 6.42 Å². The summed E-state index contributed by atoms with van der Waals surface area (Å²) < 4.78 is 5.36. The molecule has 2 aromatic carbocycles. The van der Waals surface area contributed by atoms with Gasteiger partial charge in [-0.05, 0) is 60.2 Å². The zero-order valence-electron chi connectivity index (χ0n) is 12.6. The highest BCUT2D eigenvalue weighted by atomic mass is 16.5. The second kappa shape index (κ2) is 6.10. The summed E-state index contributed by atoms with van der Waals surface area (Å²) in [4.78, 5) is 0. The first kappa shape index (κ1) is 14.6. The molecule has 0 heterocycles. The third-order valence-corrected chi connectivity index (χ3v) is 3.71. The van der Waals surface area contributed by atoms with Crippen LogP contribution in [0.15, 0.2) is 36.4 Å². The minimum atomic E-state index is -0.593. The second-order valence-electron chi connectivity index (χ2n) is 5.19. The van der Waals surface area contributed by atoms with E-state index in [4.69, 9.17) is 4.74 Å². The van der Waals surface area contributed by atoms with E-state index in [1.54, 1.807) is 7.11 Å². The van der Waals surface area contributed by atoms with Crippen molar-refractivity contribution in [3.05, 3.63) is 64.2 Å². The SMILES string of the molecule is CCc1ccc(C(O)c2cc(C)c(OC)c(C)c2)cc1. The van der Waals surface area contributed by atoms with Crippen LogP contribution in [0.1, 0.15) is 40.8 Å². The lowest BCUT2D eigenvalue weighted by molar-refractivity contribution is 0.220. The number of hydrogen-bond acceptors (Lipinski definition) is 2. The number of benzene rings is 2. The average molecular weight is 270 g/mol. The fourth-order valence-electron chi connectivity index (χ4n) is 2.59. The highest BCUT2D eigenvalue weighted by Crippen LogP contribution is 2.30. The van der Waals surface area contributed by atoms with Gasteiger partial charge in [0.1, 0.15) is 11.9 Å². The summed E-state index contributed by atoms with van der Waals surface area (Å²) in [5.74, 6) is 0.891. The Morgan fingerprint density at radius 3 is 2.00 bits per heavy atom. The quantitative estimate of drug-likeness (QED) is 0.911. The zero-order chi connectivity index (χ0) is 14.7. The van der Waals surface area contributed by atoms with Gasteiger partial charge in [-0.1, -0.05) is 31.2 Å². The Kier molecular flexibility index (Phi) is 4.46. The van der Waals surface area contributed by atoms with E-state index in [1.807, 2.05) is 38.1 Å². The molecule has 0 amide bonds. The Morgan fingerprint density at radius 2 is 1.55 bits per heavy atom. The first-order valence-electron chi connectivity index (χ1n) is 6.98. The number of ether oxygens (including phenoxy) is 1. The van der Waals surface area contributed by atoms with Gasteiger partial charge < -0.3 is 9.84 Å². The number of methoxy groups -OCH3 is 1. The van der Waals surface area contributed by atoms with Crippen molar-refractivity contribution in [2.24, 2.45) is 0 Å². The van der Waals surface area contributed by atoms with E-state index < -0.39 is 6.10 Å². The van der Waals surface area contributed by atoms with Crippen LogP contribution >= 0.6 is 0 Å². The Labute approximate surface area is 121 Å². The fourth-order valence-corrected chi connectivity index (χ4v) is 2.59. The van der Waals surface area contributed by atoms with Gasteiger partial charge in [0, 0.05) is 0 Å². The molecule has 0 saturated carbocycles. The maximum absolute atomic E-state index is 10.5. The molecule has 106 valence electrons. The molecular formula is C18H22O2. The molecule has 1 atom stereocenters. The lowest BCUT2D eigenvalue weighted by Crippen LogP contribution is -2.02. The molecule has 0 radical (unpaired) electrons. The predicted molar refractivity (Wildman–Crippen MR) is 82.3 cm³/mol. The Hall–Kier alpha value is -1.80. The molecule has 0 spiro atoms. The molecule has 1 unspecified atom stereocenters. The molecule has 2 aromatic rings. The molecule has 2 nitrogen and oxygen atoms in total. The fraction of sp³-hybridized carbons (Fsp3) is 0.333. The molecule has 1 N–H and O–H groups in total. The van der Waals surface area contributed by atoms with Crippen LogP contribution in [0, 0.1) is 13.8 Å². The highest BCUT2D eigenvalue weighted by Gasteiger charge is 2.13. The number of aliphatic hydroxyl groups is 1. The maximum Gasteiger partial charge on any atom is 0.124 e. The van der Waals surface area contributed by atoms with Crippen LogP contribution in [0.3, 0.4) is 0 Å². The van der Waals surface area contributed by atoms with Crippen molar-refractivity contribution in [3.8, 4) is 5.75 Å². The zero-order valence-corrected chi connectivity index (χ0v) is 12.6. The molecule has 2 rings (SSSR count). The summed E-state index contributed by atoms with van der Waals surface area (Å²) in [5.41, 5.74) is 5.21. The maximum atomic E-state index is 10.5. The third kappa shape index (κ3) is 2.86. The van der Waals surface area contributed by atoms with Crippen molar-refractivity contribution >= 4 is 0 Å². The first-order chi connectivity index (χ1) is 9.56. The van der Waals surface area contributed by atoms with Gasteiger partial charge in [-0.3, -0.25) is 0 Å². The molecule has 0 bridgehead atoms. The molecule has 0 aliphatic rings. The van der Waals surface area contributed by atoms with Crippen LogP contribution in [0.2, 0.25) is 0 Å². The van der Waals surface area contributed by atoms with Crippen molar-refractivity contribution in [3.63, 3.8) is 0 Å². The summed E-state index contributed by atoms with van der Waals surface area (Å²) in [5, 5.41) is 10.5. The minimum Gasteiger partial charge on any atom is -0.496 e. The monoisotopic (exact) mass is 270 g/mol. The Balaban J connectivity index is 2.34. The summed E-state index contributed by atoms with van der Waals surface area (Å²) in [6.07, 6.45) is 0.418. The van der Waals surface area contributed by atoms with Gasteiger partial charge in [0.15, 0.2) is 0 Å². The van der Waals surface area contributed by atoms with Crippen molar-refractivity contribution in [2.75, 3.05) is 7.11 Å². The topological polar surface area (TPSA) is 29.5 Å². The van der Waals surface area contributed by atoms with Crippen molar-refractivity contribution in [2.45, 2.75) is 33.3 Å². The summed E-state index contributed by atoms with van der Waals surface area (Å²) in [7, 11) is 1.68. The van der Waals surface area contributed by atoms with E-state index in [0.717, 1.165) is 34.4 Å². The third-order valence-electron chi connectivity index (χ3n) is 3.71. The van der Waals surface area contributed by atoms with Gasteiger partial charge in [-0.25, -0.2) is 0 Å². The predicted octanol–water partition coefficient (Wildman–Crippen LogP) is 3.96. The lowest BCUT2D eigenvalue weighted by Gasteiger charge is -2.16. The second-order valence-corrected chi connectivity index (χ2v) is 5.19. The molecule has 0 saturated heterocycles. The number of hydrogen-bond donors (Lipinski definition) is 1. The van der Waals surface area contributed by atoms with Crippen LogP contribution in [0.25, 0.3) is 0 Å². The molecule has 0 aromatic heterocycles. The van der Waals surface area contributed by atoms with E-state index in [-0.39, 0.29) is 0 Å². The van der Waals surface area contributed by atoms with E-state index in [1.165, 1.54) is 5.56 Å². The molecule has 0 aliphatic heterocycles. The standard InChI is InChI=1S/C18H22O2/c1-5-14-6-8-15(9-7-14)17(19)16-10-12(2)18(20-4)13(3)11-16/h6-11,17,19H,5H2,1-4H3. The van der Waals surface area contributed by atoms with Gasteiger partial charge >= 0.3 is 0 Å². The van der Waals surface area contributed by atoms with Gasteiger partial charge in [0.05, 0.1) is 7.11 Å². The Morgan fingerprint density at radius 1 is 1.00 bits per heavy atom. The summed E-state index contributed by atoms with van der Waals surface area (Å²) in [6.45, 7) is 6.13. The average Bonchev–Trinajstić information content (AvgIpc) is 2.46. The number of rotatable bonds is 4. The van der Waals surface area contributed by atoms with E-state index in [2.05, 4.69) is 19.1 Å². The van der Waals surface area contributed by atoms with Crippen molar-refractivity contribution < 1.29 is 9.84 Å². The lowest BCUT2D eigenvalue weighted by atomic mass is 9.96. The Bertz CT molecular complexity index is 562. The normalized spacial score (nSPS) is 12.2. The minimum absolute atomic E-state index is 0.593. The number of aryl methyl sites for hydroxylation is 3. The molecule has 0 fully saturated rings. The molecular weight excluding hydrogens is 248 g/mol. The van der Waals surface area contributed by atoms with Gasteiger partial charge in [0.2, 0.25) is 0 Å². The van der Waals surface area contributed by atoms with Gasteiger partial charge in [-0.15, -0.1) is 0 Å². The van der Waals surface area contributed by atoms with E-state index in [0.29, 0.717) is 0 Å². The highest BCUT2D eigenvalue weighted by molar-refractivity contribution is 5.45. The van der Waals surface area contributed by atoms with E-state index in [9.17, 15) is 5.11 Å². The largest absolute Gasteiger partial charge is 0.496 e. The van der Waals surface area contributed by atoms with Crippen molar-refractivity contribution in [1.29, 1.82) is 0 Å². The molecule has 0 aliphatic carbocycles. The summed E-state index contributed by atoms with van der Waals surface area (Å²) in [6, 6.07) is 12.1. The summed E-state index contributed by atoms with van der Waals surface area (Å²) >= 11 is 0. The van der Waals surface area contributed by atoms with Gasteiger partial charge in [0.25, 0.3) is 0 Å². The van der Waals surface area contributed by atoms with Gasteiger partial charge in [-0.2, -0.15) is 0 Å². The first-order valence-corrected chi connectivity index (χ1v) is 6.98. The van der Waals surface area contributed by atoms with Crippen LogP contribution in [-0.4, -0.2) is 12.2 Å². The molecule has 2 heteroatoms. The van der Waals surface area contributed by atoms with Crippen LogP contribution in [0.4, 0.5) is 0 Å². The molecule has 20 heavy (non-hydrogen) atoms. The number of aliphatic hydroxyl groups excluding tert-OH is 1.